The average Bonchev–Trinajstić information content (AvgIpc) is 2.29. The zero-order chi connectivity index (χ0) is 12.4. The van der Waals surface area contributed by atoms with Crippen LogP contribution in [0.25, 0.3) is 0 Å². The van der Waals surface area contributed by atoms with E-state index in [0.29, 0.717) is 0 Å². The summed E-state index contributed by atoms with van der Waals surface area (Å²) in [6.45, 7) is 0. The maximum atomic E-state index is 12.8. The van der Waals surface area contributed by atoms with Crippen LogP contribution in [0.4, 0.5) is 15.9 Å². The fourth-order valence-corrected chi connectivity index (χ4v) is 2.69. The van der Waals surface area contributed by atoms with E-state index in [1.165, 1.54) is 12.1 Å². The highest BCUT2D eigenvalue weighted by molar-refractivity contribution is 9.11. The maximum Gasteiger partial charge on any atom is 0.147 e. The Hall–Kier alpha value is -0.940. The van der Waals surface area contributed by atoms with E-state index in [9.17, 15) is 4.39 Å². The summed E-state index contributed by atoms with van der Waals surface area (Å²) in [6, 6.07) is 8.20. The zero-order valence-electron chi connectivity index (χ0n) is 8.99. The molecule has 0 radical (unpaired) electrons. The van der Waals surface area contributed by atoms with Crippen molar-refractivity contribution in [3.05, 3.63) is 51.3 Å². The maximum absolute atomic E-state index is 12.8. The Morgan fingerprint density at radius 3 is 2.41 bits per heavy atom. The fourth-order valence-electron chi connectivity index (χ4n) is 1.44. The Bertz CT molecular complexity index is 529. The van der Waals surface area contributed by atoms with Crippen LogP contribution >= 0.6 is 31.9 Å². The van der Waals surface area contributed by atoms with E-state index in [0.717, 1.165) is 20.5 Å². The van der Waals surface area contributed by atoms with E-state index in [-0.39, 0.29) is 5.82 Å². The highest BCUT2D eigenvalue weighted by atomic mass is 79.9. The van der Waals surface area contributed by atoms with Gasteiger partial charge in [0.15, 0.2) is 0 Å². The van der Waals surface area contributed by atoms with Crippen molar-refractivity contribution in [2.45, 2.75) is 0 Å². The van der Waals surface area contributed by atoms with Crippen LogP contribution in [0.15, 0.2) is 45.5 Å². The summed E-state index contributed by atoms with van der Waals surface area (Å²) < 4.78 is 14.6. The second-order valence-corrected chi connectivity index (χ2v) is 5.26. The molecular weight excluding hydrogens is 351 g/mol. The Balaban J connectivity index is 2.36. The standard InChI is InChI=1S/C12H9Br2FN2/c1-17(10-4-2-9(15)3-5-10)12-11(14)6-8(13)7-16-12/h2-7H,1H3. The summed E-state index contributed by atoms with van der Waals surface area (Å²) in [5, 5.41) is 0. The number of rotatable bonds is 2. The third-order valence-corrected chi connectivity index (χ3v) is 3.34. The first-order chi connectivity index (χ1) is 8.08. The number of halogens is 3. The molecule has 0 bridgehead atoms. The molecule has 0 saturated heterocycles. The molecular formula is C12H9Br2FN2. The second kappa shape index (κ2) is 5.14. The molecule has 5 heteroatoms. The van der Waals surface area contributed by atoms with Crippen molar-refractivity contribution in [2.75, 3.05) is 11.9 Å². The highest BCUT2D eigenvalue weighted by Crippen LogP contribution is 2.30. The van der Waals surface area contributed by atoms with Crippen LogP contribution in [0.3, 0.4) is 0 Å². The highest BCUT2D eigenvalue weighted by Gasteiger charge is 2.09. The Labute approximate surface area is 116 Å². The predicted octanol–water partition coefficient (Wildman–Crippen LogP) is 4.51. The molecule has 0 aliphatic heterocycles. The third-order valence-electron chi connectivity index (χ3n) is 2.32. The molecule has 0 atom stereocenters. The van der Waals surface area contributed by atoms with E-state index in [1.54, 1.807) is 18.3 Å². The molecule has 2 nitrogen and oxygen atoms in total. The number of hydrogen-bond acceptors (Lipinski definition) is 2. The molecule has 0 fully saturated rings. The minimum atomic E-state index is -0.245. The first-order valence-electron chi connectivity index (χ1n) is 4.88. The third kappa shape index (κ3) is 2.84. The lowest BCUT2D eigenvalue weighted by Crippen LogP contribution is -2.11. The van der Waals surface area contributed by atoms with Gasteiger partial charge in [-0.15, -0.1) is 0 Å². The molecule has 2 rings (SSSR count). The van der Waals surface area contributed by atoms with Gasteiger partial charge in [0.1, 0.15) is 11.6 Å². The number of benzene rings is 1. The lowest BCUT2D eigenvalue weighted by molar-refractivity contribution is 0.628. The van der Waals surface area contributed by atoms with Crippen LogP contribution in [0.5, 0.6) is 0 Å². The predicted molar refractivity (Wildman–Crippen MR) is 74.1 cm³/mol. The van der Waals surface area contributed by atoms with Gasteiger partial charge in [-0.3, -0.25) is 0 Å². The summed E-state index contributed by atoms with van der Waals surface area (Å²) in [7, 11) is 1.88. The SMILES string of the molecule is CN(c1ccc(F)cc1)c1ncc(Br)cc1Br. The Morgan fingerprint density at radius 2 is 1.82 bits per heavy atom. The molecule has 88 valence electrons. The van der Waals surface area contributed by atoms with Crippen LogP contribution in [0.2, 0.25) is 0 Å². The van der Waals surface area contributed by atoms with Gasteiger partial charge in [0.2, 0.25) is 0 Å². The van der Waals surface area contributed by atoms with Gasteiger partial charge in [-0.2, -0.15) is 0 Å². The molecule has 1 aromatic carbocycles. The van der Waals surface area contributed by atoms with E-state index >= 15 is 0 Å². The fraction of sp³-hybridized carbons (Fsp3) is 0.0833. The number of nitrogens with zero attached hydrogens (tertiary/aromatic N) is 2. The van der Waals surface area contributed by atoms with Crippen molar-refractivity contribution in [1.29, 1.82) is 0 Å². The second-order valence-electron chi connectivity index (χ2n) is 3.49. The normalized spacial score (nSPS) is 10.4. The number of aromatic nitrogens is 1. The molecule has 2 aromatic rings. The van der Waals surface area contributed by atoms with E-state index < -0.39 is 0 Å². The van der Waals surface area contributed by atoms with Crippen molar-refractivity contribution in [3.8, 4) is 0 Å². The molecule has 0 N–H and O–H groups in total. The van der Waals surface area contributed by atoms with Crippen molar-refractivity contribution >= 4 is 43.4 Å². The molecule has 17 heavy (non-hydrogen) atoms. The largest absolute Gasteiger partial charge is 0.329 e. The monoisotopic (exact) mass is 358 g/mol. The number of anilines is 2. The first kappa shape index (κ1) is 12.5. The smallest absolute Gasteiger partial charge is 0.147 e. The molecule has 0 aliphatic rings. The summed E-state index contributed by atoms with van der Waals surface area (Å²) in [5.41, 5.74) is 0.877. The molecule has 1 aromatic heterocycles. The van der Waals surface area contributed by atoms with Crippen molar-refractivity contribution in [2.24, 2.45) is 0 Å². The number of hydrogen-bond donors (Lipinski definition) is 0. The minimum Gasteiger partial charge on any atom is -0.329 e. The van der Waals surface area contributed by atoms with Gasteiger partial charge in [0, 0.05) is 23.4 Å². The van der Waals surface area contributed by atoms with Crippen molar-refractivity contribution < 1.29 is 4.39 Å². The van der Waals surface area contributed by atoms with Crippen LogP contribution in [0.1, 0.15) is 0 Å². The molecule has 0 spiro atoms. The van der Waals surface area contributed by atoms with Gasteiger partial charge in [-0.05, 0) is 62.2 Å². The van der Waals surface area contributed by atoms with Gasteiger partial charge in [0.05, 0.1) is 4.47 Å². The number of pyridine rings is 1. The zero-order valence-corrected chi connectivity index (χ0v) is 12.2. The summed E-state index contributed by atoms with van der Waals surface area (Å²) in [4.78, 5) is 6.20. The quantitative estimate of drug-likeness (QED) is 0.784. The summed E-state index contributed by atoms with van der Waals surface area (Å²) in [5.74, 6) is 0.532. The van der Waals surface area contributed by atoms with Crippen LogP contribution in [-0.2, 0) is 0 Å². The van der Waals surface area contributed by atoms with Gasteiger partial charge in [-0.1, -0.05) is 0 Å². The molecule has 0 aliphatic carbocycles. The van der Waals surface area contributed by atoms with Crippen LogP contribution in [0, 0.1) is 5.82 Å². The Morgan fingerprint density at radius 1 is 1.18 bits per heavy atom. The molecule has 1 heterocycles. The average molecular weight is 360 g/mol. The van der Waals surface area contributed by atoms with Gasteiger partial charge in [-0.25, -0.2) is 9.37 Å². The molecule has 0 saturated carbocycles. The Kier molecular flexibility index (Phi) is 3.79. The first-order valence-corrected chi connectivity index (χ1v) is 6.47. The van der Waals surface area contributed by atoms with E-state index in [4.69, 9.17) is 0 Å². The summed E-state index contributed by atoms with van der Waals surface area (Å²) >= 11 is 6.80. The molecule has 0 unspecified atom stereocenters. The van der Waals surface area contributed by atoms with E-state index in [2.05, 4.69) is 36.8 Å². The molecule has 0 amide bonds. The van der Waals surface area contributed by atoms with Crippen molar-refractivity contribution in [1.82, 2.24) is 4.98 Å². The van der Waals surface area contributed by atoms with E-state index in [1.807, 2.05) is 18.0 Å². The van der Waals surface area contributed by atoms with Gasteiger partial charge < -0.3 is 4.90 Å². The van der Waals surface area contributed by atoms with Crippen LogP contribution < -0.4 is 4.90 Å². The summed E-state index contributed by atoms with van der Waals surface area (Å²) in [6.07, 6.45) is 1.72. The minimum absolute atomic E-state index is 0.245. The topological polar surface area (TPSA) is 16.1 Å². The van der Waals surface area contributed by atoms with Gasteiger partial charge >= 0.3 is 0 Å². The van der Waals surface area contributed by atoms with Crippen molar-refractivity contribution in [3.63, 3.8) is 0 Å². The van der Waals surface area contributed by atoms with Gasteiger partial charge in [0.25, 0.3) is 0 Å². The lowest BCUT2D eigenvalue weighted by Gasteiger charge is -2.19. The lowest BCUT2D eigenvalue weighted by atomic mass is 10.3. The van der Waals surface area contributed by atoms with Crippen LogP contribution in [-0.4, -0.2) is 12.0 Å².